The second-order valence-corrected chi connectivity index (χ2v) is 7.28. The zero-order chi connectivity index (χ0) is 20.0. The number of hydrogen-bond acceptors (Lipinski definition) is 8. The van der Waals surface area contributed by atoms with E-state index in [1.165, 1.54) is 30.3 Å². The quantitative estimate of drug-likeness (QED) is 0.525. The van der Waals surface area contributed by atoms with E-state index in [1.807, 2.05) is 0 Å². The molecule has 28 heavy (non-hydrogen) atoms. The minimum Gasteiger partial charge on any atom is -0.497 e. The fourth-order valence-corrected chi connectivity index (χ4v) is 3.44. The molecule has 1 heterocycles. The Balaban J connectivity index is 1.66. The maximum atomic E-state index is 12.6. The lowest BCUT2D eigenvalue weighted by molar-refractivity contribution is 0.320. The molecule has 0 spiro atoms. The Morgan fingerprint density at radius 3 is 2.61 bits per heavy atom. The van der Waals surface area contributed by atoms with E-state index in [-0.39, 0.29) is 18.0 Å². The van der Waals surface area contributed by atoms with Crippen molar-refractivity contribution in [2.75, 3.05) is 27.4 Å². The Kier molecular flexibility index (Phi) is 6.06. The number of nitrogens with one attached hydrogen (secondary N) is 1. The molecule has 0 radical (unpaired) electrons. The first-order valence-corrected chi connectivity index (χ1v) is 9.70. The lowest BCUT2D eigenvalue weighted by atomic mass is 10.3. The molecule has 2 aromatic carbocycles. The van der Waals surface area contributed by atoms with Gasteiger partial charge in [-0.05, 0) is 40.8 Å². The molecule has 1 aromatic heterocycles. The van der Waals surface area contributed by atoms with Crippen LogP contribution in [0.4, 0.5) is 0 Å². The van der Waals surface area contributed by atoms with E-state index in [0.717, 1.165) is 0 Å². The van der Waals surface area contributed by atoms with E-state index in [0.29, 0.717) is 22.9 Å². The van der Waals surface area contributed by atoms with Gasteiger partial charge in [-0.25, -0.2) is 13.1 Å². The highest BCUT2D eigenvalue weighted by Gasteiger charge is 2.17. The summed E-state index contributed by atoms with van der Waals surface area (Å²) in [6.45, 7) is 0.244. The van der Waals surface area contributed by atoms with Crippen LogP contribution in [0.15, 0.2) is 53.7 Å². The van der Waals surface area contributed by atoms with E-state index in [9.17, 15) is 8.42 Å². The van der Waals surface area contributed by atoms with Crippen molar-refractivity contribution in [2.24, 2.45) is 0 Å². The summed E-state index contributed by atoms with van der Waals surface area (Å²) >= 11 is 0. The van der Waals surface area contributed by atoms with E-state index < -0.39 is 10.0 Å². The number of sulfonamides is 1. The van der Waals surface area contributed by atoms with Crippen LogP contribution in [-0.4, -0.2) is 56.0 Å². The lowest BCUT2D eigenvalue weighted by Gasteiger charge is -2.12. The van der Waals surface area contributed by atoms with Crippen LogP contribution < -0.4 is 18.9 Å². The van der Waals surface area contributed by atoms with Gasteiger partial charge in [-0.2, -0.15) is 4.68 Å². The number of aromatic nitrogens is 4. The molecule has 148 valence electrons. The summed E-state index contributed by atoms with van der Waals surface area (Å²) < 4.78 is 44.9. The maximum absolute atomic E-state index is 12.6. The second kappa shape index (κ2) is 8.67. The molecule has 0 bridgehead atoms. The van der Waals surface area contributed by atoms with Crippen LogP contribution >= 0.6 is 0 Å². The van der Waals surface area contributed by atoms with Crippen molar-refractivity contribution in [1.29, 1.82) is 0 Å². The Morgan fingerprint density at radius 1 is 1.07 bits per heavy atom. The highest BCUT2D eigenvalue weighted by molar-refractivity contribution is 7.89. The van der Waals surface area contributed by atoms with Gasteiger partial charge in [0.25, 0.3) is 0 Å². The van der Waals surface area contributed by atoms with E-state index in [2.05, 4.69) is 20.2 Å². The summed E-state index contributed by atoms with van der Waals surface area (Å²) in [5, 5.41) is 10.9. The largest absolute Gasteiger partial charge is 0.497 e. The lowest BCUT2D eigenvalue weighted by Crippen LogP contribution is -2.28. The molecular weight excluding hydrogens is 386 g/mol. The SMILES string of the molecule is COc1cccc(OCCNS(=O)(=O)c2ccc(OC)c(-n3cnnn3)c2)c1. The van der Waals surface area contributed by atoms with Gasteiger partial charge in [0.15, 0.2) is 0 Å². The van der Waals surface area contributed by atoms with Crippen LogP contribution in [0.25, 0.3) is 5.69 Å². The summed E-state index contributed by atoms with van der Waals surface area (Å²) in [7, 11) is -0.719. The molecule has 0 unspecified atom stereocenters. The molecule has 0 aliphatic carbocycles. The highest BCUT2D eigenvalue weighted by Crippen LogP contribution is 2.25. The highest BCUT2D eigenvalue weighted by atomic mass is 32.2. The zero-order valence-electron chi connectivity index (χ0n) is 15.3. The molecule has 0 saturated heterocycles. The van der Waals surface area contributed by atoms with Crippen LogP contribution in [0, 0.1) is 0 Å². The molecule has 1 N–H and O–H groups in total. The van der Waals surface area contributed by atoms with Gasteiger partial charge in [0.05, 0.1) is 19.1 Å². The van der Waals surface area contributed by atoms with Crippen LogP contribution in [0.1, 0.15) is 0 Å². The maximum Gasteiger partial charge on any atom is 0.240 e. The molecule has 0 aliphatic heterocycles. The first kappa shape index (κ1) is 19.6. The van der Waals surface area contributed by atoms with Crippen LogP contribution in [0.3, 0.4) is 0 Å². The second-order valence-electron chi connectivity index (χ2n) is 5.51. The molecule has 3 aromatic rings. The van der Waals surface area contributed by atoms with Gasteiger partial charge >= 0.3 is 0 Å². The van der Waals surface area contributed by atoms with Crippen molar-refractivity contribution < 1.29 is 22.6 Å². The third-order valence-corrected chi connectivity index (χ3v) is 5.22. The van der Waals surface area contributed by atoms with Gasteiger partial charge in [-0.15, -0.1) is 5.10 Å². The standard InChI is InChI=1S/C17H19N5O5S/c1-25-13-4-3-5-14(10-13)27-9-8-19-28(23,24)15-6-7-17(26-2)16(11-15)22-12-18-20-21-22/h3-7,10-12,19H,8-9H2,1-2H3. The van der Waals surface area contributed by atoms with Crippen molar-refractivity contribution in [2.45, 2.75) is 4.90 Å². The van der Waals surface area contributed by atoms with Crippen molar-refractivity contribution in [3.8, 4) is 22.9 Å². The van der Waals surface area contributed by atoms with Crippen LogP contribution in [0.2, 0.25) is 0 Å². The van der Waals surface area contributed by atoms with E-state index in [4.69, 9.17) is 14.2 Å². The van der Waals surface area contributed by atoms with Crippen molar-refractivity contribution in [1.82, 2.24) is 24.9 Å². The average Bonchev–Trinajstić information content (AvgIpc) is 3.25. The average molecular weight is 405 g/mol. The number of ether oxygens (including phenoxy) is 3. The van der Waals surface area contributed by atoms with Crippen molar-refractivity contribution in [3.05, 3.63) is 48.8 Å². The summed E-state index contributed by atoms with van der Waals surface area (Å²) in [5.41, 5.74) is 0.406. The molecular formula is C17H19N5O5S. The number of methoxy groups -OCH3 is 2. The Hall–Kier alpha value is -3.18. The molecule has 10 nitrogen and oxygen atoms in total. The number of tetrazole rings is 1. The normalized spacial score (nSPS) is 11.2. The van der Waals surface area contributed by atoms with E-state index >= 15 is 0 Å². The fourth-order valence-electron chi connectivity index (χ4n) is 2.41. The number of benzene rings is 2. The van der Waals surface area contributed by atoms with Crippen LogP contribution in [0.5, 0.6) is 17.2 Å². The number of rotatable bonds is 9. The Labute approximate surface area is 162 Å². The smallest absolute Gasteiger partial charge is 0.240 e. The molecule has 11 heteroatoms. The summed E-state index contributed by atoms with van der Waals surface area (Å²) in [5.74, 6) is 1.68. The van der Waals surface area contributed by atoms with Gasteiger partial charge in [-0.3, -0.25) is 0 Å². The third kappa shape index (κ3) is 4.56. The molecule has 0 amide bonds. The molecule has 3 rings (SSSR count). The summed E-state index contributed by atoms with van der Waals surface area (Å²) in [4.78, 5) is 0.0557. The zero-order valence-corrected chi connectivity index (χ0v) is 16.1. The van der Waals surface area contributed by atoms with Gasteiger partial charge in [0.1, 0.15) is 35.9 Å². The topological polar surface area (TPSA) is 117 Å². The summed E-state index contributed by atoms with van der Waals surface area (Å²) in [6, 6.07) is 11.5. The third-order valence-electron chi connectivity index (χ3n) is 3.76. The molecule has 0 saturated carbocycles. The Morgan fingerprint density at radius 2 is 1.89 bits per heavy atom. The minimum atomic E-state index is -3.76. The van der Waals surface area contributed by atoms with Crippen LogP contribution in [-0.2, 0) is 10.0 Å². The number of nitrogens with zero attached hydrogens (tertiary/aromatic N) is 4. The van der Waals surface area contributed by atoms with E-state index in [1.54, 1.807) is 37.4 Å². The molecule has 0 aliphatic rings. The van der Waals surface area contributed by atoms with Gasteiger partial charge < -0.3 is 14.2 Å². The van der Waals surface area contributed by atoms with Gasteiger partial charge in [0, 0.05) is 12.6 Å². The van der Waals surface area contributed by atoms with Gasteiger partial charge in [0.2, 0.25) is 10.0 Å². The number of hydrogen-bond donors (Lipinski definition) is 1. The fraction of sp³-hybridized carbons (Fsp3) is 0.235. The van der Waals surface area contributed by atoms with Gasteiger partial charge in [-0.1, -0.05) is 6.07 Å². The predicted octanol–water partition coefficient (Wildman–Crippen LogP) is 1.04. The van der Waals surface area contributed by atoms with Crippen molar-refractivity contribution >= 4 is 10.0 Å². The molecule has 0 atom stereocenters. The monoisotopic (exact) mass is 405 g/mol. The first-order valence-electron chi connectivity index (χ1n) is 8.21. The van der Waals surface area contributed by atoms with Crippen molar-refractivity contribution in [3.63, 3.8) is 0 Å². The first-order chi connectivity index (χ1) is 13.5. The summed E-state index contributed by atoms with van der Waals surface area (Å²) in [6.07, 6.45) is 1.35. The molecule has 0 fully saturated rings. The Bertz CT molecular complexity index is 1020. The predicted molar refractivity (Wildman–Crippen MR) is 99.4 cm³/mol. The minimum absolute atomic E-state index is 0.0557.